The SMILES string of the molecule is COc1ccc(N(Cc2ccc(Cl)cc2)CC(C)(C)C)cc1. The summed E-state index contributed by atoms with van der Waals surface area (Å²) in [5.74, 6) is 0.881. The molecule has 0 unspecified atom stereocenters. The lowest BCUT2D eigenvalue weighted by Crippen LogP contribution is -2.32. The van der Waals surface area contributed by atoms with E-state index in [1.54, 1.807) is 7.11 Å². The van der Waals surface area contributed by atoms with Crippen molar-refractivity contribution in [3.05, 3.63) is 59.1 Å². The molecule has 2 aromatic rings. The number of methoxy groups -OCH3 is 1. The van der Waals surface area contributed by atoms with Crippen LogP contribution < -0.4 is 9.64 Å². The predicted octanol–water partition coefficient (Wildman–Crippen LogP) is 5.40. The van der Waals surface area contributed by atoms with Gasteiger partial charge in [0.25, 0.3) is 0 Å². The van der Waals surface area contributed by atoms with E-state index in [0.29, 0.717) is 0 Å². The second-order valence-corrected chi connectivity index (χ2v) is 7.18. The topological polar surface area (TPSA) is 12.5 Å². The summed E-state index contributed by atoms with van der Waals surface area (Å²) < 4.78 is 5.25. The highest BCUT2D eigenvalue weighted by Gasteiger charge is 2.17. The van der Waals surface area contributed by atoms with E-state index in [2.05, 4.69) is 49.9 Å². The smallest absolute Gasteiger partial charge is 0.119 e. The molecule has 0 saturated carbocycles. The summed E-state index contributed by atoms with van der Waals surface area (Å²) in [4.78, 5) is 2.39. The molecule has 0 N–H and O–H groups in total. The lowest BCUT2D eigenvalue weighted by molar-refractivity contribution is 0.407. The monoisotopic (exact) mass is 317 g/mol. The molecule has 0 heterocycles. The highest BCUT2D eigenvalue weighted by molar-refractivity contribution is 6.30. The van der Waals surface area contributed by atoms with Crippen LogP contribution in [0.4, 0.5) is 5.69 Å². The Kier molecular flexibility index (Phi) is 5.36. The first-order chi connectivity index (χ1) is 10.4. The van der Waals surface area contributed by atoms with E-state index >= 15 is 0 Å². The first-order valence-electron chi connectivity index (χ1n) is 7.51. The molecule has 0 aliphatic heterocycles. The van der Waals surface area contributed by atoms with Gasteiger partial charge in [0.15, 0.2) is 0 Å². The van der Waals surface area contributed by atoms with E-state index in [0.717, 1.165) is 23.9 Å². The largest absolute Gasteiger partial charge is 0.497 e. The van der Waals surface area contributed by atoms with Crippen LogP contribution in [0.25, 0.3) is 0 Å². The molecule has 22 heavy (non-hydrogen) atoms. The first-order valence-corrected chi connectivity index (χ1v) is 7.89. The van der Waals surface area contributed by atoms with Crippen LogP contribution in [0.3, 0.4) is 0 Å². The molecule has 0 saturated heterocycles. The van der Waals surface area contributed by atoms with Crippen LogP contribution in [-0.4, -0.2) is 13.7 Å². The number of halogens is 1. The van der Waals surface area contributed by atoms with Gasteiger partial charge in [-0.2, -0.15) is 0 Å². The van der Waals surface area contributed by atoms with E-state index < -0.39 is 0 Å². The van der Waals surface area contributed by atoms with Crippen molar-refractivity contribution in [3.8, 4) is 5.75 Å². The third-order valence-corrected chi connectivity index (χ3v) is 3.64. The molecule has 0 aliphatic carbocycles. The van der Waals surface area contributed by atoms with Crippen LogP contribution >= 0.6 is 11.6 Å². The first kappa shape index (κ1) is 16.7. The Morgan fingerprint density at radius 1 is 0.955 bits per heavy atom. The van der Waals surface area contributed by atoms with Crippen molar-refractivity contribution in [2.75, 3.05) is 18.6 Å². The van der Waals surface area contributed by atoms with Gasteiger partial charge in [-0.05, 0) is 47.4 Å². The fourth-order valence-electron chi connectivity index (χ4n) is 2.41. The molecular weight excluding hydrogens is 294 g/mol. The van der Waals surface area contributed by atoms with Crippen molar-refractivity contribution in [1.82, 2.24) is 0 Å². The van der Waals surface area contributed by atoms with E-state index in [1.807, 2.05) is 24.3 Å². The molecular formula is C19H24ClNO. The van der Waals surface area contributed by atoms with Crippen molar-refractivity contribution >= 4 is 17.3 Å². The van der Waals surface area contributed by atoms with Gasteiger partial charge in [-0.25, -0.2) is 0 Å². The number of hydrogen-bond acceptors (Lipinski definition) is 2. The standard InChI is InChI=1S/C19H24ClNO/c1-19(2,3)14-21(13-15-5-7-16(20)8-6-15)17-9-11-18(22-4)12-10-17/h5-12H,13-14H2,1-4H3. The van der Waals surface area contributed by atoms with Gasteiger partial charge in [0.2, 0.25) is 0 Å². The summed E-state index contributed by atoms with van der Waals surface area (Å²) in [6, 6.07) is 16.3. The van der Waals surface area contributed by atoms with Gasteiger partial charge in [-0.1, -0.05) is 44.5 Å². The quantitative estimate of drug-likeness (QED) is 0.732. The van der Waals surface area contributed by atoms with Gasteiger partial charge in [0.1, 0.15) is 5.75 Å². The van der Waals surface area contributed by atoms with Gasteiger partial charge < -0.3 is 9.64 Å². The van der Waals surface area contributed by atoms with Crippen LogP contribution in [-0.2, 0) is 6.54 Å². The molecule has 2 nitrogen and oxygen atoms in total. The van der Waals surface area contributed by atoms with Gasteiger partial charge in [-0.15, -0.1) is 0 Å². The average molecular weight is 318 g/mol. The summed E-state index contributed by atoms with van der Waals surface area (Å²) in [5.41, 5.74) is 2.67. The third-order valence-electron chi connectivity index (χ3n) is 3.39. The zero-order valence-electron chi connectivity index (χ0n) is 13.8. The molecule has 0 atom stereocenters. The Morgan fingerprint density at radius 3 is 2.05 bits per heavy atom. The number of ether oxygens (including phenoxy) is 1. The molecule has 0 radical (unpaired) electrons. The van der Waals surface area contributed by atoms with Crippen LogP contribution in [0.2, 0.25) is 5.02 Å². The van der Waals surface area contributed by atoms with Gasteiger partial charge >= 0.3 is 0 Å². The van der Waals surface area contributed by atoms with Crippen molar-refractivity contribution < 1.29 is 4.74 Å². The van der Waals surface area contributed by atoms with E-state index in [9.17, 15) is 0 Å². The third kappa shape index (κ3) is 4.96. The molecule has 3 heteroatoms. The number of benzene rings is 2. The Balaban J connectivity index is 2.23. The molecule has 0 aliphatic rings. The fourth-order valence-corrected chi connectivity index (χ4v) is 2.54. The Bertz CT molecular complexity index is 584. The van der Waals surface area contributed by atoms with Crippen LogP contribution in [0, 0.1) is 5.41 Å². The minimum atomic E-state index is 0.215. The molecule has 0 bridgehead atoms. The summed E-state index contributed by atoms with van der Waals surface area (Å²) in [7, 11) is 1.69. The predicted molar refractivity (Wildman–Crippen MR) is 95.0 cm³/mol. The van der Waals surface area contributed by atoms with Gasteiger partial charge in [-0.3, -0.25) is 0 Å². The normalized spacial score (nSPS) is 11.3. The lowest BCUT2D eigenvalue weighted by Gasteiger charge is -2.32. The summed E-state index contributed by atoms with van der Waals surface area (Å²) >= 11 is 5.98. The van der Waals surface area contributed by atoms with Crippen LogP contribution in [0.1, 0.15) is 26.3 Å². The Labute approximate surface area is 138 Å². The van der Waals surface area contributed by atoms with Gasteiger partial charge in [0, 0.05) is 23.8 Å². The number of anilines is 1. The second kappa shape index (κ2) is 7.06. The molecule has 0 spiro atoms. The minimum absolute atomic E-state index is 0.215. The number of hydrogen-bond donors (Lipinski definition) is 0. The maximum atomic E-state index is 5.98. The number of nitrogens with zero attached hydrogens (tertiary/aromatic N) is 1. The maximum Gasteiger partial charge on any atom is 0.119 e. The van der Waals surface area contributed by atoms with Gasteiger partial charge in [0.05, 0.1) is 7.11 Å². The summed E-state index contributed by atoms with van der Waals surface area (Å²) in [6.45, 7) is 8.60. The summed E-state index contributed by atoms with van der Waals surface area (Å²) in [6.07, 6.45) is 0. The van der Waals surface area contributed by atoms with E-state index in [1.165, 1.54) is 11.3 Å². The van der Waals surface area contributed by atoms with Crippen molar-refractivity contribution in [1.29, 1.82) is 0 Å². The Morgan fingerprint density at radius 2 is 1.55 bits per heavy atom. The maximum absolute atomic E-state index is 5.98. The van der Waals surface area contributed by atoms with E-state index in [-0.39, 0.29) is 5.41 Å². The zero-order valence-corrected chi connectivity index (χ0v) is 14.5. The summed E-state index contributed by atoms with van der Waals surface area (Å²) in [5, 5.41) is 0.774. The molecule has 0 fully saturated rings. The minimum Gasteiger partial charge on any atom is -0.497 e. The molecule has 0 aromatic heterocycles. The molecule has 2 rings (SSSR count). The lowest BCUT2D eigenvalue weighted by atomic mass is 9.95. The number of rotatable bonds is 5. The van der Waals surface area contributed by atoms with Crippen LogP contribution in [0.15, 0.2) is 48.5 Å². The zero-order chi connectivity index (χ0) is 16.2. The van der Waals surface area contributed by atoms with Crippen molar-refractivity contribution in [3.63, 3.8) is 0 Å². The molecule has 118 valence electrons. The van der Waals surface area contributed by atoms with E-state index in [4.69, 9.17) is 16.3 Å². The highest BCUT2D eigenvalue weighted by Crippen LogP contribution is 2.26. The van der Waals surface area contributed by atoms with Crippen LogP contribution in [0.5, 0.6) is 5.75 Å². The molecule has 2 aromatic carbocycles. The highest BCUT2D eigenvalue weighted by atomic mass is 35.5. The second-order valence-electron chi connectivity index (χ2n) is 6.74. The fraction of sp³-hybridized carbons (Fsp3) is 0.368. The van der Waals surface area contributed by atoms with Crippen molar-refractivity contribution in [2.45, 2.75) is 27.3 Å². The average Bonchev–Trinajstić information content (AvgIpc) is 2.48. The molecule has 0 amide bonds. The Hall–Kier alpha value is -1.67. The van der Waals surface area contributed by atoms with Crippen molar-refractivity contribution in [2.24, 2.45) is 5.41 Å².